The van der Waals surface area contributed by atoms with Crippen molar-refractivity contribution in [1.29, 1.82) is 0 Å². The highest BCUT2D eigenvalue weighted by Gasteiger charge is 2.21. The first-order valence-corrected chi connectivity index (χ1v) is 9.33. The predicted octanol–water partition coefficient (Wildman–Crippen LogP) is 5.12. The predicted molar refractivity (Wildman–Crippen MR) is 104 cm³/mol. The largest absolute Gasteiger partial charge is 0.379 e. The molecule has 25 heavy (non-hydrogen) atoms. The maximum absolute atomic E-state index is 6.47. The Labute approximate surface area is 157 Å². The SMILES string of the molecule is NCc1c(-c2ccc(Cl)cc2Cl)cn2ccnc2c1NC1CCCC1. The molecule has 2 aromatic heterocycles. The molecule has 3 aromatic rings. The molecule has 0 spiro atoms. The number of hydrogen-bond donors (Lipinski definition) is 2. The van der Waals surface area contributed by atoms with Crippen molar-refractivity contribution in [2.75, 3.05) is 5.32 Å². The van der Waals surface area contributed by atoms with Gasteiger partial charge in [0.1, 0.15) is 0 Å². The van der Waals surface area contributed by atoms with E-state index in [-0.39, 0.29) is 0 Å². The van der Waals surface area contributed by atoms with Crippen LogP contribution in [0.3, 0.4) is 0 Å². The van der Waals surface area contributed by atoms with E-state index in [0.717, 1.165) is 28.0 Å². The van der Waals surface area contributed by atoms with Crippen LogP contribution in [-0.2, 0) is 6.54 Å². The number of rotatable bonds is 4. The molecule has 0 atom stereocenters. The highest BCUT2D eigenvalue weighted by Crippen LogP contribution is 2.37. The molecule has 4 nitrogen and oxygen atoms in total. The van der Waals surface area contributed by atoms with Crippen molar-refractivity contribution in [3.05, 3.63) is 52.4 Å². The molecule has 130 valence electrons. The third kappa shape index (κ3) is 3.10. The summed E-state index contributed by atoms with van der Waals surface area (Å²) in [6.45, 7) is 0.409. The average Bonchev–Trinajstić information content (AvgIpc) is 3.25. The summed E-state index contributed by atoms with van der Waals surface area (Å²) in [7, 11) is 0. The number of pyridine rings is 1. The molecule has 1 fully saturated rings. The van der Waals surface area contributed by atoms with Crippen LogP contribution in [0.15, 0.2) is 36.8 Å². The van der Waals surface area contributed by atoms with Crippen LogP contribution in [0.2, 0.25) is 10.0 Å². The van der Waals surface area contributed by atoms with E-state index in [4.69, 9.17) is 28.9 Å². The second-order valence-electron chi connectivity index (χ2n) is 6.51. The third-order valence-corrected chi connectivity index (χ3v) is 5.46. The van der Waals surface area contributed by atoms with Gasteiger partial charge in [-0.25, -0.2) is 4.98 Å². The zero-order valence-electron chi connectivity index (χ0n) is 13.8. The quantitative estimate of drug-likeness (QED) is 0.665. The van der Waals surface area contributed by atoms with Gasteiger partial charge in [0, 0.05) is 57.9 Å². The van der Waals surface area contributed by atoms with Crippen molar-refractivity contribution in [3.8, 4) is 11.1 Å². The summed E-state index contributed by atoms with van der Waals surface area (Å²) in [4.78, 5) is 4.53. The zero-order chi connectivity index (χ0) is 17.4. The van der Waals surface area contributed by atoms with Gasteiger partial charge in [-0.3, -0.25) is 0 Å². The molecule has 1 aliphatic rings. The molecular formula is C19H20Cl2N4. The summed E-state index contributed by atoms with van der Waals surface area (Å²) in [5.41, 5.74) is 11.1. The number of nitrogens with zero attached hydrogens (tertiary/aromatic N) is 2. The number of nitrogens with one attached hydrogen (secondary N) is 1. The van der Waals surface area contributed by atoms with Gasteiger partial charge in [-0.2, -0.15) is 0 Å². The Morgan fingerprint density at radius 3 is 2.72 bits per heavy atom. The number of fused-ring (bicyclic) bond motifs is 1. The minimum Gasteiger partial charge on any atom is -0.379 e. The van der Waals surface area contributed by atoms with E-state index >= 15 is 0 Å². The van der Waals surface area contributed by atoms with Crippen LogP contribution < -0.4 is 11.1 Å². The second kappa shape index (κ2) is 6.87. The Kier molecular flexibility index (Phi) is 4.59. The molecule has 6 heteroatoms. The van der Waals surface area contributed by atoms with Crippen LogP contribution in [0.5, 0.6) is 0 Å². The van der Waals surface area contributed by atoms with E-state index in [0.29, 0.717) is 22.6 Å². The summed E-state index contributed by atoms with van der Waals surface area (Å²) in [6, 6.07) is 6.04. The number of anilines is 1. The minimum absolute atomic E-state index is 0.409. The lowest BCUT2D eigenvalue weighted by Gasteiger charge is -2.21. The van der Waals surface area contributed by atoms with Gasteiger partial charge in [-0.05, 0) is 25.0 Å². The minimum atomic E-state index is 0.409. The molecule has 4 rings (SSSR count). The number of benzene rings is 1. The van der Waals surface area contributed by atoms with Crippen LogP contribution in [-0.4, -0.2) is 15.4 Å². The van der Waals surface area contributed by atoms with Crippen molar-refractivity contribution in [2.24, 2.45) is 5.73 Å². The first kappa shape index (κ1) is 16.7. The topological polar surface area (TPSA) is 55.4 Å². The van der Waals surface area contributed by atoms with Gasteiger partial charge in [-0.1, -0.05) is 42.1 Å². The smallest absolute Gasteiger partial charge is 0.160 e. The molecule has 1 aliphatic carbocycles. The molecular weight excluding hydrogens is 355 g/mol. The number of hydrogen-bond acceptors (Lipinski definition) is 3. The van der Waals surface area contributed by atoms with Crippen LogP contribution in [0.1, 0.15) is 31.2 Å². The molecule has 0 aliphatic heterocycles. The lowest BCUT2D eigenvalue weighted by molar-refractivity contribution is 0.753. The molecule has 0 amide bonds. The third-order valence-electron chi connectivity index (χ3n) is 4.92. The van der Waals surface area contributed by atoms with E-state index in [1.54, 1.807) is 6.07 Å². The number of halogens is 2. The van der Waals surface area contributed by atoms with Gasteiger partial charge >= 0.3 is 0 Å². The second-order valence-corrected chi connectivity index (χ2v) is 7.35. The molecule has 1 aromatic carbocycles. The maximum atomic E-state index is 6.47. The molecule has 1 saturated carbocycles. The van der Waals surface area contributed by atoms with Crippen LogP contribution in [0.4, 0.5) is 5.69 Å². The summed E-state index contributed by atoms with van der Waals surface area (Å²) in [5.74, 6) is 0. The summed E-state index contributed by atoms with van der Waals surface area (Å²) >= 11 is 12.5. The summed E-state index contributed by atoms with van der Waals surface area (Å²) in [6.07, 6.45) is 10.7. The Morgan fingerprint density at radius 1 is 1.20 bits per heavy atom. The molecule has 0 saturated heterocycles. The van der Waals surface area contributed by atoms with Gasteiger partial charge in [0.25, 0.3) is 0 Å². The fourth-order valence-electron chi connectivity index (χ4n) is 3.68. The van der Waals surface area contributed by atoms with Crippen molar-refractivity contribution in [3.63, 3.8) is 0 Å². The van der Waals surface area contributed by atoms with E-state index < -0.39 is 0 Å². The standard InChI is InChI=1S/C19H20Cl2N4/c20-12-5-6-14(17(21)9-12)16-11-25-8-7-23-19(25)18(15(16)10-22)24-13-3-1-2-4-13/h5-9,11,13,24H,1-4,10,22H2. The first-order chi connectivity index (χ1) is 12.2. The zero-order valence-corrected chi connectivity index (χ0v) is 15.3. The van der Waals surface area contributed by atoms with Gasteiger partial charge in [0.15, 0.2) is 5.65 Å². The van der Waals surface area contributed by atoms with E-state index in [2.05, 4.69) is 10.3 Å². The maximum Gasteiger partial charge on any atom is 0.160 e. The highest BCUT2D eigenvalue weighted by molar-refractivity contribution is 6.36. The Bertz CT molecular complexity index is 913. The van der Waals surface area contributed by atoms with E-state index in [1.165, 1.54) is 25.7 Å². The number of aromatic nitrogens is 2. The van der Waals surface area contributed by atoms with Crippen molar-refractivity contribution >= 4 is 34.5 Å². The normalized spacial score (nSPS) is 15.2. The fraction of sp³-hybridized carbons (Fsp3) is 0.316. The number of nitrogens with two attached hydrogens (primary N) is 1. The highest BCUT2D eigenvalue weighted by atomic mass is 35.5. The van der Waals surface area contributed by atoms with Crippen LogP contribution >= 0.6 is 23.2 Å². The fourth-order valence-corrected chi connectivity index (χ4v) is 4.19. The molecule has 0 radical (unpaired) electrons. The lowest BCUT2D eigenvalue weighted by atomic mass is 9.99. The van der Waals surface area contributed by atoms with Gasteiger partial charge < -0.3 is 15.5 Å². The van der Waals surface area contributed by atoms with Crippen molar-refractivity contribution in [2.45, 2.75) is 38.3 Å². The monoisotopic (exact) mass is 374 g/mol. The Morgan fingerprint density at radius 2 is 2.00 bits per heavy atom. The Hall–Kier alpha value is -1.75. The van der Waals surface area contributed by atoms with E-state index in [9.17, 15) is 0 Å². The molecule has 3 N–H and O–H groups in total. The summed E-state index contributed by atoms with van der Waals surface area (Å²) < 4.78 is 2.02. The molecule has 0 bridgehead atoms. The first-order valence-electron chi connectivity index (χ1n) is 8.58. The average molecular weight is 375 g/mol. The summed E-state index contributed by atoms with van der Waals surface area (Å²) in [5, 5.41) is 4.94. The number of imidazole rings is 1. The lowest BCUT2D eigenvalue weighted by Crippen LogP contribution is -2.18. The van der Waals surface area contributed by atoms with Gasteiger partial charge in [0.2, 0.25) is 0 Å². The van der Waals surface area contributed by atoms with Crippen molar-refractivity contribution < 1.29 is 0 Å². The van der Waals surface area contributed by atoms with Crippen LogP contribution in [0.25, 0.3) is 16.8 Å². The van der Waals surface area contributed by atoms with Gasteiger partial charge in [-0.15, -0.1) is 0 Å². The van der Waals surface area contributed by atoms with Crippen molar-refractivity contribution in [1.82, 2.24) is 9.38 Å². The van der Waals surface area contributed by atoms with Gasteiger partial charge in [0.05, 0.1) is 5.69 Å². The van der Waals surface area contributed by atoms with E-state index in [1.807, 2.05) is 35.1 Å². The molecule has 0 unspecified atom stereocenters. The Balaban J connectivity index is 1.91. The van der Waals surface area contributed by atoms with Crippen LogP contribution in [0, 0.1) is 0 Å². The molecule has 2 heterocycles.